The Morgan fingerprint density at radius 3 is 2.61 bits per heavy atom. The van der Waals surface area contributed by atoms with E-state index >= 15 is 0 Å². The second kappa shape index (κ2) is 5.94. The summed E-state index contributed by atoms with van der Waals surface area (Å²) in [5.74, 6) is -0.927. The maximum Gasteiger partial charge on any atom is 0.416 e. The molecule has 2 nitrogen and oxygen atoms in total. The van der Waals surface area contributed by atoms with Crippen molar-refractivity contribution in [3.05, 3.63) is 70.5 Å². The molecule has 1 aliphatic rings. The Balaban J connectivity index is 1.78. The maximum atomic E-state index is 13.4. The summed E-state index contributed by atoms with van der Waals surface area (Å²) < 4.78 is 51.6. The summed E-state index contributed by atoms with van der Waals surface area (Å²) in [4.78, 5) is 0. The molecule has 0 saturated carbocycles. The van der Waals surface area contributed by atoms with Gasteiger partial charge in [0.2, 0.25) is 0 Å². The van der Waals surface area contributed by atoms with Crippen LogP contribution in [0.25, 0.3) is 0 Å². The van der Waals surface area contributed by atoms with Crippen LogP contribution in [0.2, 0.25) is 0 Å². The van der Waals surface area contributed by atoms with Gasteiger partial charge in [-0.2, -0.15) is 13.2 Å². The van der Waals surface area contributed by atoms with E-state index in [2.05, 4.69) is 5.32 Å². The first-order chi connectivity index (χ1) is 10.8. The zero-order valence-corrected chi connectivity index (χ0v) is 12.1. The first kappa shape index (κ1) is 16.0. The molecule has 0 aromatic heterocycles. The van der Waals surface area contributed by atoms with Crippen LogP contribution in [0.3, 0.4) is 0 Å². The fourth-order valence-corrected chi connectivity index (χ4v) is 2.96. The predicted octanol–water partition coefficient (Wildman–Crippen LogP) is 3.59. The van der Waals surface area contributed by atoms with Gasteiger partial charge in [-0.3, -0.25) is 0 Å². The highest BCUT2D eigenvalue weighted by Gasteiger charge is 2.32. The standard InChI is InChI=1S/C17H15F4NO/c18-13-6-10(5-12(8-13)17(19,20)21)9-22-16-14-4-2-1-3-11(14)7-15(16)23/h1-6,8,15-16,22-23H,7,9H2/t15-,16+/m1/s1. The van der Waals surface area contributed by atoms with Gasteiger partial charge in [0, 0.05) is 13.0 Å². The molecular weight excluding hydrogens is 310 g/mol. The lowest BCUT2D eigenvalue weighted by Gasteiger charge is -2.18. The van der Waals surface area contributed by atoms with Crippen molar-refractivity contribution >= 4 is 0 Å². The monoisotopic (exact) mass is 325 g/mol. The first-order valence-electron chi connectivity index (χ1n) is 7.20. The van der Waals surface area contributed by atoms with E-state index < -0.39 is 23.7 Å². The molecule has 2 atom stereocenters. The molecule has 6 heteroatoms. The van der Waals surface area contributed by atoms with Gasteiger partial charge < -0.3 is 10.4 Å². The molecule has 0 fully saturated rings. The Kier molecular flexibility index (Phi) is 4.12. The summed E-state index contributed by atoms with van der Waals surface area (Å²) in [5, 5.41) is 13.1. The van der Waals surface area contributed by atoms with Crippen LogP contribution in [0.15, 0.2) is 42.5 Å². The topological polar surface area (TPSA) is 32.3 Å². The fraction of sp³-hybridized carbons (Fsp3) is 0.294. The second-order valence-corrected chi connectivity index (χ2v) is 5.67. The number of alkyl halides is 3. The molecule has 122 valence electrons. The molecule has 2 aromatic rings. The Hall–Kier alpha value is -1.92. The maximum absolute atomic E-state index is 13.4. The van der Waals surface area contributed by atoms with Crippen molar-refractivity contribution in [3.8, 4) is 0 Å². The van der Waals surface area contributed by atoms with Gasteiger partial charge in [0.15, 0.2) is 0 Å². The summed E-state index contributed by atoms with van der Waals surface area (Å²) in [6, 6.07) is 9.58. The number of hydrogen-bond acceptors (Lipinski definition) is 2. The van der Waals surface area contributed by atoms with E-state index in [0.29, 0.717) is 12.5 Å². The predicted molar refractivity (Wildman–Crippen MR) is 77.1 cm³/mol. The van der Waals surface area contributed by atoms with Gasteiger partial charge in [-0.25, -0.2) is 4.39 Å². The summed E-state index contributed by atoms with van der Waals surface area (Å²) in [6.45, 7) is 0.0386. The van der Waals surface area contributed by atoms with Gasteiger partial charge in [0.1, 0.15) is 5.82 Å². The molecule has 2 aromatic carbocycles. The van der Waals surface area contributed by atoms with E-state index in [-0.39, 0.29) is 18.2 Å². The van der Waals surface area contributed by atoms with Crippen LogP contribution >= 0.6 is 0 Å². The van der Waals surface area contributed by atoms with Gasteiger partial charge in [-0.15, -0.1) is 0 Å². The molecule has 0 unspecified atom stereocenters. The molecular formula is C17H15F4NO. The zero-order chi connectivity index (χ0) is 16.6. The van der Waals surface area contributed by atoms with Gasteiger partial charge in [0.05, 0.1) is 17.7 Å². The highest BCUT2D eigenvalue weighted by molar-refractivity contribution is 5.36. The normalized spacial score (nSPS) is 20.6. The number of benzene rings is 2. The van der Waals surface area contributed by atoms with Gasteiger partial charge in [0.25, 0.3) is 0 Å². The van der Waals surface area contributed by atoms with E-state index in [0.717, 1.165) is 23.3 Å². The van der Waals surface area contributed by atoms with Crippen LogP contribution in [0.1, 0.15) is 28.3 Å². The number of aliphatic hydroxyl groups excluding tert-OH is 1. The van der Waals surface area contributed by atoms with Crippen molar-refractivity contribution in [1.82, 2.24) is 5.32 Å². The van der Waals surface area contributed by atoms with E-state index in [1.165, 1.54) is 0 Å². The third-order valence-corrected chi connectivity index (χ3v) is 4.01. The quantitative estimate of drug-likeness (QED) is 0.845. The third-order valence-electron chi connectivity index (χ3n) is 4.01. The smallest absolute Gasteiger partial charge is 0.391 e. The lowest BCUT2D eigenvalue weighted by molar-refractivity contribution is -0.137. The second-order valence-electron chi connectivity index (χ2n) is 5.67. The minimum Gasteiger partial charge on any atom is -0.391 e. The Bertz CT molecular complexity index is 714. The van der Waals surface area contributed by atoms with Crippen LogP contribution < -0.4 is 5.32 Å². The van der Waals surface area contributed by atoms with E-state index in [9.17, 15) is 22.7 Å². The minimum absolute atomic E-state index is 0.0386. The summed E-state index contributed by atoms with van der Waals surface area (Å²) in [5.41, 5.74) is 1.11. The molecule has 23 heavy (non-hydrogen) atoms. The zero-order valence-electron chi connectivity index (χ0n) is 12.1. The molecule has 0 bridgehead atoms. The number of nitrogens with one attached hydrogen (secondary N) is 1. The Morgan fingerprint density at radius 1 is 1.13 bits per heavy atom. The number of halogens is 4. The van der Waals surface area contributed by atoms with Crippen molar-refractivity contribution < 1.29 is 22.7 Å². The van der Waals surface area contributed by atoms with Crippen molar-refractivity contribution in [1.29, 1.82) is 0 Å². The molecule has 2 N–H and O–H groups in total. The molecule has 0 heterocycles. The Morgan fingerprint density at radius 2 is 1.87 bits per heavy atom. The lowest BCUT2D eigenvalue weighted by atomic mass is 10.1. The first-order valence-corrected chi connectivity index (χ1v) is 7.20. The van der Waals surface area contributed by atoms with Crippen LogP contribution in [0.4, 0.5) is 17.6 Å². The van der Waals surface area contributed by atoms with Crippen molar-refractivity contribution in [2.24, 2.45) is 0 Å². The molecule has 3 rings (SSSR count). The molecule has 1 aliphatic carbocycles. The third kappa shape index (κ3) is 3.38. The largest absolute Gasteiger partial charge is 0.416 e. The van der Waals surface area contributed by atoms with Crippen LogP contribution in [0.5, 0.6) is 0 Å². The summed E-state index contributed by atoms with van der Waals surface area (Å²) >= 11 is 0. The van der Waals surface area contributed by atoms with Gasteiger partial charge in [-0.05, 0) is 34.9 Å². The molecule has 0 radical (unpaired) electrons. The van der Waals surface area contributed by atoms with E-state index in [1.807, 2.05) is 24.3 Å². The average molecular weight is 325 g/mol. The van der Waals surface area contributed by atoms with Gasteiger partial charge >= 0.3 is 6.18 Å². The van der Waals surface area contributed by atoms with Crippen molar-refractivity contribution in [2.45, 2.75) is 31.3 Å². The lowest BCUT2D eigenvalue weighted by Crippen LogP contribution is -2.28. The fourth-order valence-electron chi connectivity index (χ4n) is 2.96. The van der Waals surface area contributed by atoms with Crippen molar-refractivity contribution in [3.63, 3.8) is 0 Å². The van der Waals surface area contributed by atoms with Crippen LogP contribution in [0, 0.1) is 5.82 Å². The average Bonchev–Trinajstić information content (AvgIpc) is 2.79. The minimum atomic E-state index is -4.59. The Labute approximate surface area is 130 Å². The molecule has 0 spiro atoms. The van der Waals surface area contributed by atoms with E-state index in [1.54, 1.807) is 0 Å². The number of hydrogen-bond donors (Lipinski definition) is 2. The molecule has 0 saturated heterocycles. The summed E-state index contributed by atoms with van der Waals surface area (Å²) in [7, 11) is 0. The summed E-state index contributed by atoms with van der Waals surface area (Å²) in [6.07, 6.45) is -4.75. The van der Waals surface area contributed by atoms with Crippen LogP contribution in [-0.2, 0) is 19.1 Å². The highest BCUT2D eigenvalue weighted by atomic mass is 19.4. The van der Waals surface area contributed by atoms with Gasteiger partial charge in [-0.1, -0.05) is 24.3 Å². The molecule has 0 amide bonds. The van der Waals surface area contributed by atoms with Crippen LogP contribution in [-0.4, -0.2) is 11.2 Å². The van der Waals surface area contributed by atoms with E-state index in [4.69, 9.17) is 0 Å². The van der Waals surface area contributed by atoms with Crippen molar-refractivity contribution in [2.75, 3.05) is 0 Å². The number of rotatable bonds is 3. The number of aliphatic hydroxyl groups is 1. The number of fused-ring (bicyclic) bond motifs is 1. The SMILES string of the molecule is O[C@@H]1Cc2ccccc2[C@@H]1NCc1cc(F)cc(C(F)(F)F)c1. The highest BCUT2D eigenvalue weighted by Crippen LogP contribution is 2.33. The molecule has 0 aliphatic heterocycles.